The lowest BCUT2D eigenvalue weighted by molar-refractivity contribution is -0.139. The molecule has 2 rings (SSSR count). The average molecular weight is 514 g/mol. The third kappa shape index (κ3) is 7.09. The van der Waals surface area contributed by atoms with Crippen molar-refractivity contribution >= 4 is 50.7 Å². The van der Waals surface area contributed by atoms with E-state index in [1.807, 2.05) is 26.0 Å². The zero-order valence-corrected chi connectivity index (χ0v) is 21.6. The molecule has 0 unspecified atom stereocenters. The molecule has 2 aromatic carbocycles. The normalized spacial score (nSPS) is 12.4. The van der Waals surface area contributed by atoms with E-state index < -0.39 is 28.5 Å². The van der Waals surface area contributed by atoms with Crippen LogP contribution in [0.1, 0.15) is 37.8 Å². The number of benzene rings is 2. The molecule has 0 aromatic heterocycles. The van der Waals surface area contributed by atoms with E-state index in [9.17, 15) is 18.0 Å². The van der Waals surface area contributed by atoms with Crippen molar-refractivity contribution < 1.29 is 18.0 Å². The maximum atomic E-state index is 13.4. The maximum absolute atomic E-state index is 13.4. The van der Waals surface area contributed by atoms with E-state index in [1.54, 1.807) is 37.3 Å². The molecule has 0 fully saturated rings. The van der Waals surface area contributed by atoms with Gasteiger partial charge in [-0.1, -0.05) is 55.2 Å². The van der Waals surface area contributed by atoms with Crippen LogP contribution in [0.25, 0.3) is 0 Å². The summed E-state index contributed by atoms with van der Waals surface area (Å²) in [6.45, 7) is 5.18. The number of rotatable bonds is 9. The van der Waals surface area contributed by atoms with Crippen LogP contribution in [0.2, 0.25) is 10.0 Å². The van der Waals surface area contributed by atoms with E-state index in [1.165, 1.54) is 11.9 Å². The van der Waals surface area contributed by atoms with Gasteiger partial charge in [-0.25, -0.2) is 8.42 Å². The van der Waals surface area contributed by atoms with Gasteiger partial charge >= 0.3 is 0 Å². The van der Waals surface area contributed by atoms with Gasteiger partial charge in [0.25, 0.3) is 0 Å². The van der Waals surface area contributed by atoms with Gasteiger partial charge in [0.2, 0.25) is 21.8 Å². The van der Waals surface area contributed by atoms with E-state index in [4.69, 9.17) is 23.2 Å². The van der Waals surface area contributed by atoms with E-state index in [-0.39, 0.29) is 18.4 Å². The van der Waals surface area contributed by atoms with Gasteiger partial charge in [0.05, 0.1) is 11.9 Å². The summed E-state index contributed by atoms with van der Waals surface area (Å²) in [5.74, 6) is -0.656. The number of nitrogens with zero attached hydrogens (tertiary/aromatic N) is 2. The number of halogens is 2. The number of carbonyl (C=O) groups excluding carboxylic acids is 2. The Morgan fingerprint density at radius 2 is 1.64 bits per heavy atom. The molecule has 33 heavy (non-hydrogen) atoms. The summed E-state index contributed by atoms with van der Waals surface area (Å²) in [5, 5.41) is 3.30. The molecule has 0 radical (unpaired) electrons. The second-order valence-corrected chi connectivity index (χ2v) is 10.8. The summed E-state index contributed by atoms with van der Waals surface area (Å²) in [6, 6.07) is 11.0. The van der Waals surface area contributed by atoms with Crippen molar-refractivity contribution in [2.24, 2.45) is 0 Å². The van der Waals surface area contributed by atoms with Crippen LogP contribution >= 0.6 is 23.2 Å². The molecule has 0 aliphatic rings. The number of nitrogens with one attached hydrogen (secondary N) is 1. The van der Waals surface area contributed by atoms with Gasteiger partial charge in [-0.15, -0.1) is 0 Å². The molecule has 0 saturated carbocycles. The molecule has 180 valence electrons. The Morgan fingerprint density at radius 3 is 2.12 bits per heavy atom. The number of hydrogen-bond acceptors (Lipinski definition) is 4. The van der Waals surface area contributed by atoms with Crippen LogP contribution in [0.5, 0.6) is 0 Å². The predicted octanol–water partition coefficient (Wildman–Crippen LogP) is 4.05. The summed E-state index contributed by atoms with van der Waals surface area (Å²) in [6.07, 6.45) is 1.04. The molecule has 0 bridgehead atoms. The van der Waals surface area contributed by atoms with Crippen molar-refractivity contribution in [3.8, 4) is 0 Å². The first-order valence-electron chi connectivity index (χ1n) is 10.4. The standard InChI is InChI=1S/C23H29Cl2N3O4S/c1-15(2)17-7-10-20(11-8-17)28(33(5,31)32)14-22(29)27(16(3)23(30)26-4)13-18-6-9-19(24)12-21(18)25/h6-12,15-16H,13-14H2,1-5H3,(H,26,30)/t16-/m1/s1. The number of sulfonamides is 1. The molecule has 7 nitrogen and oxygen atoms in total. The van der Waals surface area contributed by atoms with Crippen LogP contribution in [-0.4, -0.2) is 51.0 Å². The van der Waals surface area contributed by atoms with Crippen LogP contribution in [-0.2, 0) is 26.2 Å². The Hall–Kier alpha value is -2.29. The van der Waals surface area contributed by atoms with Gasteiger partial charge in [0.15, 0.2) is 0 Å². The Bertz CT molecular complexity index is 1110. The quantitative estimate of drug-likeness (QED) is 0.547. The van der Waals surface area contributed by atoms with Crippen LogP contribution in [0.3, 0.4) is 0 Å². The van der Waals surface area contributed by atoms with Crippen LogP contribution in [0.4, 0.5) is 5.69 Å². The van der Waals surface area contributed by atoms with Crippen molar-refractivity contribution in [1.82, 2.24) is 10.2 Å². The predicted molar refractivity (Wildman–Crippen MR) is 133 cm³/mol. The first-order valence-corrected chi connectivity index (χ1v) is 13.0. The highest BCUT2D eigenvalue weighted by molar-refractivity contribution is 7.92. The lowest BCUT2D eigenvalue weighted by Gasteiger charge is -2.31. The zero-order chi connectivity index (χ0) is 24.9. The maximum Gasteiger partial charge on any atom is 0.244 e. The molecule has 0 aliphatic carbocycles. The van der Waals surface area contributed by atoms with Gasteiger partial charge in [0.1, 0.15) is 12.6 Å². The molecular weight excluding hydrogens is 485 g/mol. The van der Waals surface area contributed by atoms with E-state index in [0.29, 0.717) is 21.3 Å². The smallest absolute Gasteiger partial charge is 0.244 e. The van der Waals surface area contributed by atoms with Crippen LogP contribution in [0.15, 0.2) is 42.5 Å². The van der Waals surface area contributed by atoms with Crippen molar-refractivity contribution in [3.63, 3.8) is 0 Å². The fourth-order valence-corrected chi connectivity index (χ4v) is 4.58. The van der Waals surface area contributed by atoms with Crippen molar-refractivity contribution in [1.29, 1.82) is 0 Å². The molecule has 1 atom stereocenters. The topological polar surface area (TPSA) is 86.8 Å². The molecule has 0 saturated heterocycles. The average Bonchev–Trinajstić information content (AvgIpc) is 2.75. The Balaban J connectivity index is 2.40. The highest BCUT2D eigenvalue weighted by Gasteiger charge is 2.30. The third-order valence-corrected chi connectivity index (χ3v) is 7.02. The summed E-state index contributed by atoms with van der Waals surface area (Å²) in [7, 11) is -2.31. The largest absolute Gasteiger partial charge is 0.357 e. The Morgan fingerprint density at radius 1 is 1.03 bits per heavy atom. The van der Waals surface area contributed by atoms with Crippen molar-refractivity contribution in [2.45, 2.75) is 39.3 Å². The molecule has 2 amide bonds. The molecular formula is C23H29Cl2N3O4S. The number of likely N-dealkylation sites (N-methyl/N-ethyl adjacent to an activating group) is 1. The summed E-state index contributed by atoms with van der Waals surface area (Å²) >= 11 is 12.2. The highest BCUT2D eigenvalue weighted by atomic mass is 35.5. The van der Waals surface area contributed by atoms with Gasteiger partial charge in [-0.05, 0) is 48.2 Å². The van der Waals surface area contributed by atoms with Gasteiger partial charge in [-0.3, -0.25) is 13.9 Å². The second-order valence-electron chi connectivity index (χ2n) is 8.06. The number of amides is 2. The minimum Gasteiger partial charge on any atom is -0.357 e. The molecule has 2 aromatic rings. The lowest BCUT2D eigenvalue weighted by atomic mass is 10.0. The fraction of sp³-hybridized carbons (Fsp3) is 0.391. The van der Waals surface area contributed by atoms with Crippen molar-refractivity contribution in [2.75, 3.05) is 24.2 Å². The minimum atomic E-state index is -3.78. The Labute approximate surface area is 205 Å². The molecule has 10 heteroatoms. The SMILES string of the molecule is CNC(=O)[C@@H](C)N(Cc1ccc(Cl)cc1Cl)C(=O)CN(c1ccc(C(C)C)cc1)S(C)(=O)=O. The van der Waals surface area contributed by atoms with E-state index in [0.717, 1.165) is 16.1 Å². The zero-order valence-electron chi connectivity index (χ0n) is 19.3. The first-order chi connectivity index (χ1) is 15.3. The lowest BCUT2D eigenvalue weighted by Crippen LogP contribution is -2.50. The van der Waals surface area contributed by atoms with E-state index >= 15 is 0 Å². The second kappa shape index (κ2) is 11.2. The number of hydrogen-bond donors (Lipinski definition) is 1. The molecule has 0 spiro atoms. The summed E-state index contributed by atoms with van der Waals surface area (Å²) in [4.78, 5) is 27.0. The van der Waals surface area contributed by atoms with Gasteiger partial charge in [0, 0.05) is 23.6 Å². The fourth-order valence-electron chi connectivity index (χ4n) is 3.26. The first kappa shape index (κ1) is 27.0. The van der Waals surface area contributed by atoms with Gasteiger partial charge < -0.3 is 10.2 Å². The van der Waals surface area contributed by atoms with Gasteiger partial charge in [-0.2, -0.15) is 0 Å². The Kier molecular flexibility index (Phi) is 9.17. The third-order valence-electron chi connectivity index (χ3n) is 5.30. The van der Waals surface area contributed by atoms with Crippen LogP contribution < -0.4 is 9.62 Å². The number of anilines is 1. The summed E-state index contributed by atoms with van der Waals surface area (Å²) in [5.41, 5.74) is 2.00. The molecule has 1 N–H and O–H groups in total. The number of carbonyl (C=O) groups is 2. The highest BCUT2D eigenvalue weighted by Crippen LogP contribution is 2.25. The monoisotopic (exact) mass is 513 g/mol. The van der Waals surface area contributed by atoms with Crippen molar-refractivity contribution in [3.05, 3.63) is 63.6 Å². The molecule has 0 heterocycles. The minimum absolute atomic E-state index is 0.00725. The van der Waals surface area contributed by atoms with Crippen LogP contribution in [0, 0.1) is 0 Å². The van der Waals surface area contributed by atoms with E-state index in [2.05, 4.69) is 5.32 Å². The molecule has 0 aliphatic heterocycles. The summed E-state index contributed by atoms with van der Waals surface area (Å²) < 4.78 is 26.2.